The molecule has 1 amide bonds. The fourth-order valence-electron chi connectivity index (χ4n) is 3.01. The molecule has 0 bridgehead atoms. The third kappa shape index (κ3) is 6.77. The number of hydrogen-bond donors (Lipinski definition) is 1. The van der Waals surface area contributed by atoms with Crippen molar-refractivity contribution in [2.75, 3.05) is 25.1 Å². The van der Waals surface area contributed by atoms with E-state index in [0.29, 0.717) is 36.0 Å². The molecule has 3 aromatic rings. The fourth-order valence-corrected chi connectivity index (χ4v) is 3.28. The summed E-state index contributed by atoms with van der Waals surface area (Å²) in [5.74, 6) is 1.62. The van der Waals surface area contributed by atoms with Crippen LogP contribution in [0.2, 0.25) is 5.02 Å². The average Bonchev–Trinajstić information content (AvgIpc) is 3.21. The minimum absolute atomic E-state index is 0.139. The number of halogens is 1. The highest BCUT2D eigenvalue weighted by Crippen LogP contribution is 2.37. The van der Waals surface area contributed by atoms with Gasteiger partial charge in [0.25, 0.3) is 5.91 Å². The first-order chi connectivity index (χ1) is 16.4. The predicted octanol–water partition coefficient (Wildman–Crippen LogP) is 5.35. The Morgan fingerprint density at radius 3 is 2.65 bits per heavy atom. The average molecular weight is 482 g/mol. The molecule has 1 aromatic heterocycles. The standard InChI is InChI=1S/C25H24ClN3O5/c1-4-31-22-14-18(12-19(15-27)25(30)28-23-11-17(3)34-29-23)13-21(26)24(22)33-9-8-32-20-7-5-6-16(2)10-20/h5-7,10-14H,4,8-9H2,1-3H3,(H,28,29,30)/b19-12-. The van der Waals surface area contributed by atoms with E-state index in [0.717, 1.165) is 11.3 Å². The van der Waals surface area contributed by atoms with Gasteiger partial charge in [-0.25, -0.2) is 0 Å². The van der Waals surface area contributed by atoms with Crippen LogP contribution >= 0.6 is 11.6 Å². The molecule has 2 aromatic carbocycles. The lowest BCUT2D eigenvalue weighted by Gasteiger charge is -2.15. The van der Waals surface area contributed by atoms with Crippen molar-refractivity contribution in [2.45, 2.75) is 20.8 Å². The van der Waals surface area contributed by atoms with Gasteiger partial charge in [0.2, 0.25) is 0 Å². The molecule has 0 saturated carbocycles. The molecule has 0 aliphatic rings. The molecule has 0 aliphatic heterocycles. The van der Waals surface area contributed by atoms with E-state index < -0.39 is 5.91 Å². The Morgan fingerprint density at radius 2 is 1.97 bits per heavy atom. The zero-order valence-electron chi connectivity index (χ0n) is 19.1. The third-order valence-electron chi connectivity index (χ3n) is 4.47. The molecule has 1 N–H and O–H groups in total. The van der Waals surface area contributed by atoms with Crippen LogP contribution in [-0.4, -0.2) is 30.9 Å². The van der Waals surface area contributed by atoms with E-state index in [2.05, 4.69) is 10.5 Å². The van der Waals surface area contributed by atoms with Crippen LogP contribution in [-0.2, 0) is 4.79 Å². The topological polar surface area (TPSA) is 107 Å². The lowest BCUT2D eigenvalue weighted by molar-refractivity contribution is -0.112. The van der Waals surface area contributed by atoms with Crippen molar-refractivity contribution in [3.05, 3.63) is 69.9 Å². The molecule has 176 valence electrons. The number of hydrogen-bond acceptors (Lipinski definition) is 7. The number of ether oxygens (including phenoxy) is 3. The molecule has 0 radical (unpaired) electrons. The molecule has 34 heavy (non-hydrogen) atoms. The van der Waals surface area contributed by atoms with Crippen LogP contribution in [0.15, 0.2) is 52.6 Å². The van der Waals surface area contributed by atoms with Gasteiger partial charge in [0.1, 0.15) is 36.4 Å². The normalized spacial score (nSPS) is 11.0. The molecule has 0 aliphatic carbocycles. The van der Waals surface area contributed by atoms with Crippen molar-refractivity contribution in [3.8, 4) is 23.3 Å². The van der Waals surface area contributed by atoms with Crippen LogP contribution in [0, 0.1) is 25.2 Å². The summed E-state index contributed by atoms with van der Waals surface area (Å²) in [7, 11) is 0. The number of rotatable bonds is 10. The molecule has 0 unspecified atom stereocenters. The second kappa shape index (κ2) is 11.8. The van der Waals surface area contributed by atoms with E-state index in [1.54, 1.807) is 25.1 Å². The summed E-state index contributed by atoms with van der Waals surface area (Å²) in [5, 5.41) is 15.9. The minimum Gasteiger partial charge on any atom is -0.490 e. The van der Waals surface area contributed by atoms with E-state index in [1.165, 1.54) is 6.08 Å². The lowest BCUT2D eigenvalue weighted by Crippen LogP contribution is -2.13. The Labute approximate surface area is 202 Å². The molecule has 9 heteroatoms. The summed E-state index contributed by atoms with van der Waals surface area (Å²) < 4.78 is 22.1. The molecular formula is C25H24ClN3O5. The van der Waals surface area contributed by atoms with Gasteiger partial charge in [-0.1, -0.05) is 28.9 Å². The molecule has 3 rings (SSSR count). The third-order valence-corrected chi connectivity index (χ3v) is 4.75. The number of aromatic nitrogens is 1. The smallest absolute Gasteiger partial charge is 0.267 e. The number of aryl methyl sites for hydroxylation is 2. The highest BCUT2D eigenvalue weighted by atomic mass is 35.5. The van der Waals surface area contributed by atoms with Gasteiger partial charge in [-0.05, 0) is 62.2 Å². The van der Waals surface area contributed by atoms with Crippen LogP contribution in [0.1, 0.15) is 23.8 Å². The van der Waals surface area contributed by atoms with Crippen molar-refractivity contribution in [1.82, 2.24) is 5.16 Å². The van der Waals surface area contributed by atoms with Crippen molar-refractivity contribution in [1.29, 1.82) is 5.26 Å². The van der Waals surface area contributed by atoms with E-state index in [4.69, 9.17) is 30.3 Å². The summed E-state index contributed by atoms with van der Waals surface area (Å²) in [5.41, 5.74) is 1.46. The predicted molar refractivity (Wildman–Crippen MR) is 128 cm³/mol. The number of amides is 1. The minimum atomic E-state index is -0.626. The van der Waals surface area contributed by atoms with E-state index in [9.17, 15) is 10.1 Å². The molecule has 8 nitrogen and oxygen atoms in total. The molecule has 1 heterocycles. The Bertz CT molecular complexity index is 1230. The number of anilines is 1. The monoisotopic (exact) mass is 481 g/mol. The Hall–Kier alpha value is -3.96. The van der Waals surface area contributed by atoms with Crippen LogP contribution in [0.4, 0.5) is 5.82 Å². The van der Waals surface area contributed by atoms with Gasteiger partial charge < -0.3 is 24.1 Å². The molecule has 0 fully saturated rings. The first-order valence-corrected chi connectivity index (χ1v) is 10.9. The van der Waals surface area contributed by atoms with Crippen LogP contribution in [0.25, 0.3) is 6.08 Å². The van der Waals surface area contributed by atoms with E-state index >= 15 is 0 Å². The van der Waals surface area contributed by atoms with Gasteiger partial charge >= 0.3 is 0 Å². The second-order valence-electron chi connectivity index (χ2n) is 7.22. The SMILES string of the molecule is CCOc1cc(/C=C(/C#N)C(=O)Nc2cc(C)on2)cc(Cl)c1OCCOc1cccc(C)c1. The summed E-state index contributed by atoms with van der Waals surface area (Å²) in [6.07, 6.45) is 1.40. The highest BCUT2D eigenvalue weighted by Gasteiger charge is 2.16. The van der Waals surface area contributed by atoms with Crippen molar-refractivity contribution < 1.29 is 23.5 Å². The van der Waals surface area contributed by atoms with Crippen molar-refractivity contribution >= 4 is 29.4 Å². The van der Waals surface area contributed by atoms with Gasteiger partial charge in [0.05, 0.1) is 11.6 Å². The molecule has 0 atom stereocenters. The number of carbonyl (C=O) groups excluding carboxylic acids is 1. The maximum absolute atomic E-state index is 12.4. The first kappa shape index (κ1) is 24.7. The second-order valence-corrected chi connectivity index (χ2v) is 7.63. The maximum Gasteiger partial charge on any atom is 0.267 e. The van der Waals surface area contributed by atoms with E-state index in [1.807, 2.05) is 44.2 Å². The van der Waals surface area contributed by atoms with Crippen molar-refractivity contribution in [3.63, 3.8) is 0 Å². The number of nitriles is 1. The summed E-state index contributed by atoms with van der Waals surface area (Å²) >= 11 is 6.44. The lowest BCUT2D eigenvalue weighted by atomic mass is 10.1. The highest BCUT2D eigenvalue weighted by molar-refractivity contribution is 6.32. The number of benzene rings is 2. The van der Waals surface area contributed by atoms with Crippen molar-refractivity contribution in [2.24, 2.45) is 0 Å². The van der Waals surface area contributed by atoms with Crippen LogP contribution < -0.4 is 19.5 Å². The number of carbonyl (C=O) groups is 1. The first-order valence-electron chi connectivity index (χ1n) is 10.5. The van der Waals surface area contributed by atoms with Gasteiger partial charge in [0.15, 0.2) is 17.3 Å². The quantitative estimate of drug-likeness (QED) is 0.236. The molecule has 0 saturated heterocycles. The van der Waals surface area contributed by atoms with Gasteiger partial charge in [-0.15, -0.1) is 0 Å². The van der Waals surface area contributed by atoms with Crippen LogP contribution in [0.3, 0.4) is 0 Å². The Morgan fingerprint density at radius 1 is 1.18 bits per heavy atom. The summed E-state index contributed by atoms with van der Waals surface area (Å²) in [4.78, 5) is 12.4. The summed E-state index contributed by atoms with van der Waals surface area (Å²) in [6, 6.07) is 14.4. The summed E-state index contributed by atoms with van der Waals surface area (Å²) in [6.45, 7) is 6.44. The number of nitrogens with one attached hydrogen (secondary N) is 1. The molecule has 0 spiro atoms. The maximum atomic E-state index is 12.4. The largest absolute Gasteiger partial charge is 0.490 e. The van der Waals surface area contributed by atoms with Gasteiger partial charge in [-0.3, -0.25) is 4.79 Å². The molecular weight excluding hydrogens is 458 g/mol. The number of nitrogens with zero attached hydrogens (tertiary/aromatic N) is 2. The van der Waals surface area contributed by atoms with Gasteiger partial charge in [-0.2, -0.15) is 5.26 Å². The fraction of sp³-hybridized carbons (Fsp3) is 0.240. The Kier molecular flexibility index (Phi) is 8.54. The zero-order valence-corrected chi connectivity index (χ0v) is 19.8. The Balaban J connectivity index is 1.72. The van der Waals surface area contributed by atoms with Crippen LogP contribution in [0.5, 0.6) is 17.2 Å². The zero-order chi connectivity index (χ0) is 24.5. The van der Waals surface area contributed by atoms with E-state index in [-0.39, 0.29) is 23.0 Å². The van der Waals surface area contributed by atoms with Gasteiger partial charge in [0, 0.05) is 6.07 Å².